The molecule has 31 heavy (non-hydrogen) atoms. The van der Waals surface area contributed by atoms with E-state index in [2.05, 4.69) is 52.9 Å². The molecule has 3 aromatic rings. The van der Waals surface area contributed by atoms with Crippen LogP contribution in [0.15, 0.2) is 47.8 Å². The zero-order valence-electron chi connectivity index (χ0n) is 18.4. The van der Waals surface area contributed by atoms with Crippen LogP contribution in [0.4, 0.5) is 5.69 Å². The monoisotopic (exact) mass is 436 g/mol. The van der Waals surface area contributed by atoms with Gasteiger partial charge in [0.15, 0.2) is 11.5 Å². The minimum absolute atomic E-state index is 0.000757. The van der Waals surface area contributed by atoms with Crippen molar-refractivity contribution in [2.75, 3.05) is 32.6 Å². The molecule has 1 unspecified atom stereocenters. The maximum Gasteiger partial charge on any atom is 0.238 e. The lowest BCUT2D eigenvalue weighted by molar-refractivity contribution is -0.117. The Kier molecular flexibility index (Phi) is 6.30. The number of carbonyl (C=O) groups excluding carboxylic acids is 1. The average molecular weight is 437 g/mol. The third-order valence-corrected chi connectivity index (χ3v) is 6.94. The van der Waals surface area contributed by atoms with Crippen molar-refractivity contribution in [2.24, 2.45) is 0 Å². The Morgan fingerprint density at radius 2 is 1.90 bits per heavy atom. The summed E-state index contributed by atoms with van der Waals surface area (Å²) in [6, 6.07) is 14.3. The van der Waals surface area contributed by atoms with Crippen molar-refractivity contribution in [1.29, 1.82) is 0 Å². The number of rotatable bonds is 6. The largest absolute Gasteiger partial charge is 0.493 e. The lowest BCUT2D eigenvalue weighted by Gasteiger charge is -2.37. The van der Waals surface area contributed by atoms with Gasteiger partial charge >= 0.3 is 0 Å². The van der Waals surface area contributed by atoms with E-state index in [-0.39, 0.29) is 11.9 Å². The van der Waals surface area contributed by atoms with Crippen LogP contribution < -0.4 is 14.8 Å². The predicted octanol–water partition coefficient (Wildman–Crippen LogP) is 4.97. The van der Waals surface area contributed by atoms with Crippen molar-refractivity contribution in [3.05, 3.63) is 75.0 Å². The molecule has 0 bridgehead atoms. The highest BCUT2D eigenvalue weighted by atomic mass is 32.1. The number of fused-ring (bicyclic) bond motifs is 1. The number of hydrogen-bond acceptors (Lipinski definition) is 5. The lowest BCUT2D eigenvalue weighted by atomic mass is 9.91. The van der Waals surface area contributed by atoms with Gasteiger partial charge in [-0.05, 0) is 72.2 Å². The third kappa shape index (κ3) is 4.31. The fourth-order valence-corrected chi connectivity index (χ4v) is 5.09. The molecule has 1 amide bonds. The maximum atomic E-state index is 13.0. The number of aryl methyl sites for hydroxylation is 1. The van der Waals surface area contributed by atoms with Crippen molar-refractivity contribution >= 4 is 22.9 Å². The van der Waals surface area contributed by atoms with Crippen molar-refractivity contribution in [3.63, 3.8) is 0 Å². The number of hydrogen-bond donors (Lipinski definition) is 1. The minimum Gasteiger partial charge on any atom is -0.493 e. The molecule has 1 aliphatic rings. The van der Waals surface area contributed by atoms with E-state index in [9.17, 15) is 4.79 Å². The summed E-state index contributed by atoms with van der Waals surface area (Å²) in [6.07, 6.45) is 0.855. The van der Waals surface area contributed by atoms with Crippen LogP contribution in [0.3, 0.4) is 0 Å². The Morgan fingerprint density at radius 1 is 1.13 bits per heavy atom. The molecule has 6 heteroatoms. The summed E-state index contributed by atoms with van der Waals surface area (Å²) >= 11 is 1.71. The number of nitrogens with zero attached hydrogens (tertiary/aromatic N) is 1. The summed E-state index contributed by atoms with van der Waals surface area (Å²) in [6.45, 7) is 5.21. The molecule has 0 radical (unpaired) electrons. The van der Waals surface area contributed by atoms with Gasteiger partial charge in [0, 0.05) is 17.1 Å². The molecule has 0 saturated heterocycles. The fraction of sp³-hybridized carbons (Fsp3) is 0.320. The molecule has 1 aliphatic heterocycles. The summed E-state index contributed by atoms with van der Waals surface area (Å²) in [4.78, 5) is 16.5. The van der Waals surface area contributed by atoms with Gasteiger partial charge in [-0.25, -0.2) is 0 Å². The van der Waals surface area contributed by atoms with Crippen molar-refractivity contribution < 1.29 is 14.3 Å². The van der Waals surface area contributed by atoms with Gasteiger partial charge in [-0.15, -0.1) is 11.3 Å². The molecule has 0 fully saturated rings. The molecule has 1 atom stereocenters. The third-order valence-electron chi connectivity index (χ3n) is 6.01. The Balaban J connectivity index is 1.63. The highest BCUT2D eigenvalue weighted by Crippen LogP contribution is 2.42. The highest BCUT2D eigenvalue weighted by molar-refractivity contribution is 7.10. The van der Waals surface area contributed by atoms with Gasteiger partial charge in [0.25, 0.3) is 0 Å². The molecule has 2 heterocycles. The van der Waals surface area contributed by atoms with Crippen molar-refractivity contribution in [3.8, 4) is 11.5 Å². The average Bonchev–Trinajstić information content (AvgIpc) is 3.30. The molecule has 0 spiro atoms. The number of benzene rings is 2. The van der Waals surface area contributed by atoms with E-state index in [0.717, 1.165) is 30.0 Å². The summed E-state index contributed by atoms with van der Waals surface area (Å²) in [5.74, 6) is 1.45. The second-order valence-electron chi connectivity index (χ2n) is 7.84. The van der Waals surface area contributed by atoms with Crippen LogP contribution in [0.2, 0.25) is 0 Å². The zero-order valence-corrected chi connectivity index (χ0v) is 19.2. The van der Waals surface area contributed by atoms with Crippen LogP contribution in [-0.4, -0.2) is 38.1 Å². The molecule has 4 rings (SSSR count). The number of amides is 1. The van der Waals surface area contributed by atoms with E-state index >= 15 is 0 Å². The van der Waals surface area contributed by atoms with Crippen LogP contribution in [0.1, 0.15) is 33.2 Å². The Morgan fingerprint density at radius 3 is 2.61 bits per heavy atom. The molecule has 2 aromatic carbocycles. The first-order valence-corrected chi connectivity index (χ1v) is 11.3. The van der Waals surface area contributed by atoms with Crippen LogP contribution in [0.25, 0.3) is 0 Å². The zero-order chi connectivity index (χ0) is 22.0. The number of methoxy groups -OCH3 is 2. The van der Waals surface area contributed by atoms with Crippen molar-refractivity contribution in [2.45, 2.75) is 26.3 Å². The number of thiophene rings is 1. The topological polar surface area (TPSA) is 50.8 Å². The summed E-state index contributed by atoms with van der Waals surface area (Å²) in [5.41, 5.74) is 5.56. The maximum absolute atomic E-state index is 13.0. The van der Waals surface area contributed by atoms with Crippen LogP contribution in [0, 0.1) is 13.8 Å². The SMILES string of the molecule is COc1cc2c(cc1OC)C(c1cccs1)N(CC(=O)Nc1cccc(C)c1C)CC2. The summed E-state index contributed by atoms with van der Waals surface area (Å²) < 4.78 is 11.1. The van der Waals surface area contributed by atoms with Gasteiger partial charge in [0.1, 0.15) is 0 Å². The molecule has 1 aromatic heterocycles. The molecule has 162 valence electrons. The smallest absolute Gasteiger partial charge is 0.238 e. The van der Waals surface area contributed by atoms with Gasteiger partial charge in [0.2, 0.25) is 5.91 Å². The first-order valence-electron chi connectivity index (χ1n) is 10.4. The first kappa shape index (κ1) is 21.4. The number of carbonyl (C=O) groups is 1. The fourth-order valence-electron chi connectivity index (χ4n) is 4.21. The molecule has 5 nitrogen and oxygen atoms in total. The second kappa shape index (κ2) is 9.12. The lowest BCUT2D eigenvalue weighted by Crippen LogP contribution is -2.41. The minimum atomic E-state index is -0.000757. The number of anilines is 1. The van der Waals surface area contributed by atoms with Gasteiger partial charge in [-0.1, -0.05) is 18.2 Å². The van der Waals surface area contributed by atoms with Crippen molar-refractivity contribution in [1.82, 2.24) is 4.90 Å². The van der Waals surface area contributed by atoms with Gasteiger partial charge in [0.05, 0.1) is 26.8 Å². The molecule has 1 N–H and O–H groups in total. The number of ether oxygens (including phenoxy) is 2. The second-order valence-corrected chi connectivity index (χ2v) is 8.82. The summed E-state index contributed by atoms with van der Waals surface area (Å²) in [7, 11) is 3.32. The molecule has 0 saturated carbocycles. The molecular formula is C25H28N2O3S. The predicted molar refractivity (Wildman–Crippen MR) is 126 cm³/mol. The van der Waals surface area contributed by atoms with Crippen LogP contribution in [-0.2, 0) is 11.2 Å². The van der Waals surface area contributed by atoms with E-state index in [0.29, 0.717) is 12.3 Å². The van der Waals surface area contributed by atoms with Gasteiger partial charge in [-0.3, -0.25) is 9.69 Å². The van der Waals surface area contributed by atoms with Crippen LogP contribution >= 0.6 is 11.3 Å². The van der Waals surface area contributed by atoms with E-state index in [4.69, 9.17) is 9.47 Å². The van der Waals surface area contributed by atoms with E-state index in [1.54, 1.807) is 25.6 Å². The number of nitrogens with one attached hydrogen (secondary N) is 1. The quantitative estimate of drug-likeness (QED) is 0.593. The van der Waals surface area contributed by atoms with E-state index in [1.165, 1.54) is 21.6 Å². The Bertz CT molecular complexity index is 1080. The van der Waals surface area contributed by atoms with E-state index < -0.39 is 0 Å². The standard InChI is InChI=1S/C25H28N2O3S/c1-16-7-5-8-20(17(16)2)26-24(28)15-27-11-10-18-13-21(29-3)22(30-4)14-19(18)25(27)23-9-6-12-31-23/h5-9,12-14,25H,10-11,15H2,1-4H3,(H,26,28). The van der Waals surface area contributed by atoms with Crippen LogP contribution in [0.5, 0.6) is 11.5 Å². The van der Waals surface area contributed by atoms with E-state index in [1.807, 2.05) is 19.1 Å². The first-order chi connectivity index (χ1) is 15.0. The Hall–Kier alpha value is -2.83. The highest BCUT2D eigenvalue weighted by Gasteiger charge is 2.32. The van der Waals surface area contributed by atoms with Gasteiger partial charge < -0.3 is 14.8 Å². The van der Waals surface area contributed by atoms with Gasteiger partial charge in [-0.2, -0.15) is 0 Å². The normalized spacial score (nSPS) is 15.9. The molecular weight excluding hydrogens is 408 g/mol. The Labute approximate surface area is 187 Å². The molecule has 0 aliphatic carbocycles. The summed E-state index contributed by atoms with van der Waals surface area (Å²) in [5, 5.41) is 5.19.